The number of aryl methyl sites for hydroxylation is 1. The number of Topliss-reactive ketones (excluding diaryl/α,β-unsaturated/α-hetero) is 3. The molecule has 0 aliphatic carbocycles. The van der Waals surface area contributed by atoms with Crippen molar-refractivity contribution < 1.29 is 23.9 Å². The second kappa shape index (κ2) is 17.2. The summed E-state index contributed by atoms with van der Waals surface area (Å²) in [5, 5.41) is 2.79. The molecule has 1 N–H and O–H groups in total. The van der Waals surface area contributed by atoms with Crippen molar-refractivity contribution in [2.75, 3.05) is 20.3 Å². The summed E-state index contributed by atoms with van der Waals surface area (Å²) in [6.07, 6.45) is 4.47. The van der Waals surface area contributed by atoms with Gasteiger partial charge in [0.1, 0.15) is 11.6 Å². The highest BCUT2D eigenvalue weighted by Gasteiger charge is 2.11. The average molecular weight is 448 g/mol. The molecule has 0 aliphatic rings. The van der Waals surface area contributed by atoms with Crippen LogP contribution in [0.1, 0.15) is 88.2 Å². The van der Waals surface area contributed by atoms with E-state index >= 15 is 0 Å². The van der Waals surface area contributed by atoms with Crippen molar-refractivity contribution in [2.24, 2.45) is 5.92 Å². The van der Waals surface area contributed by atoms with Gasteiger partial charge in [-0.25, -0.2) is 0 Å². The van der Waals surface area contributed by atoms with Gasteiger partial charge in [-0.15, -0.1) is 0 Å². The quantitative estimate of drug-likeness (QED) is 0.335. The lowest BCUT2D eigenvalue weighted by atomic mass is 9.96. The second-order valence-corrected chi connectivity index (χ2v) is 7.98. The van der Waals surface area contributed by atoms with E-state index < -0.39 is 0 Å². The molecule has 0 bridgehead atoms. The topological polar surface area (TPSA) is 89.5 Å². The third kappa shape index (κ3) is 12.5. The first kappa shape index (κ1) is 29.7. The zero-order valence-electron chi connectivity index (χ0n) is 20.7. The van der Waals surface area contributed by atoms with Crippen LogP contribution in [-0.2, 0) is 32.0 Å². The summed E-state index contributed by atoms with van der Waals surface area (Å²) < 4.78 is 4.88. The van der Waals surface area contributed by atoms with Crippen molar-refractivity contribution >= 4 is 23.3 Å². The summed E-state index contributed by atoms with van der Waals surface area (Å²) in [6.45, 7) is 10.4. The van der Waals surface area contributed by atoms with Crippen LogP contribution in [0.2, 0.25) is 0 Å². The number of methoxy groups -OCH3 is 1. The maximum atomic E-state index is 11.8. The van der Waals surface area contributed by atoms with E-state index in [4.69, 9.17) is 4.74 Å². The van der Waals surface area contributed by atoms with Gasteiger partial charge >= 0.3 is 0 Å². The molecule has 0 saturated heterocycles. The highest BCUT2D eigenvalue weighted by atomic mass is 16.5. The fourth-order valence-electron chi connectivity index (χ4n) is 3.04. The first-order valence-corrected chi connectivity index (χ1v) is 11.6. The van der Waals surface area contributed by atoms with Gasteiger partial charge < -0.3 is 10.1 Å². The fraction of sp³-hybridized carbons (Fsp3) is 0.615. The van der Waals surface area contributed by atoms with Crippen LogP contribution in [0.15, 0.2) is 18.2 Å². The van der Waals surface area contributed by atoms with E-state index in [0.717, 1.165) is 29.5 Å². The molecule has 0 saturated carbocycles. The summed E-state index contributed by atoms with van der Waals surface area (Å²) in [4.78, 5) is 45.4. The largest absolute Gasteiger partial charge is 0.383 e. The second-order valence-electron chi connectivity index (χ2n) is 7.98. The van der Waals surface area contributed by atoms with Crippen molar-refractivity contribution in [3.05, 3.63) is 34.9 Å². The Kier molecular flexibility index (Phi) is 16.0. The summed E-state index contributed by atoms with van der Waals surface area (Å²) in [7, 11) is 1.60. The molecule has 0 spiro atoms. The summed E-state index contributed by atoms with van der Waals surface area (Å²) in [6, 6.07) is 5.65. The van der Waals surface area contributed by atoms with Gasteiger partial charge in [-0.2, -0.15) is 0 Å². The molecule has 0 fully saturated rings. The number of amides is 1. The van der Waals surface area contributed by atoms with Gasteiger partial charge in [0.15, 0.2) is 5.78 Å². The molecule has 1 unspecified atom stereocenters. The Hall–Kier alpha value is -2.34. The average Bonchev–Trinajstić information content (AvgIpc) is 2.77. The molecule has 0 aliphatic heterocycles. The van der Waals surface area contributed by atoms with E-state index in [1.165, 1.54) is 0 Å². The molecular formula is C26H41NO5. The molecule has 1 aromatic rings. The maximum Gasteiger partial charge on any atom is 0.224 e. The Labute approximate surface area is 193 Å². The van der Waals surface area contributed by atoms with Gasteiger partial charge in [0.25, 0.3) is 0 Å². The Morgan fingerprint density at radius 1 is 1.06 bits per heavy atom. The summed E-state index contributed by atoms with van der Waals surface area (Å²) >= 11 is 0. The van der Waals surface area contributed by atoms with Crippen LogP contribution in [-0.4, -0.2) is 43.5 Å². The predicted octanol–water partition coefficient (Wildman–Crippen LogP) is 4.51. The Bertz CT molecular complexity index is 742. The number of nitrogens with one attached hydrogen (secondary N) is 1. The highest BCUT2D eigenvalue weighted by Crippen LogP contribution is 2.15. The number of hydrogen-bond donors (Lipinski definition) is 1. The number of ketones is 3. The monoisotopic (exact) mass is 447 g/mol. The molecule has 0 radical (unpaired) electrons. The van der Waals surface area contributed by atoms with Crippen molar-refractivity contribution in [1.29, 1.82) is 0 Å². The molecule has 1 amide bonds. The molecule has 32 heavy (non-hydrogen) atoms. The van der Waals surface area contributed by atoms with Crippen LogP contribution in [0.4, 0.5) is 0 Å². The van der Waals surface area contributed by atoms with Crippen LogP contribution < -0.4 is 5.32 Å². The van der Waals surface area contributed by atoms with Crippen LogP contribution in [0, 0.1) is 5.92 Å². The molecule has 6 nitrogen and oxygen atoms in total. The van der Waals surface area contributed by atoms with E-state index in [1.54, 1.807) is 14.0 Å². The number of ether oxygens (including phenoxy) is 1. The minimum absolute atomic E-state index is 0.0290. The van der Waals surface area contributed by atoms with Crippen molar-refractivity contribution in [3.63, 3.8) is 0 Å². The van der Waals surface area contributed by atoms with Gasteiger partial charge in [0.05, 0.1) is 13.0 Å². The van der Waals surface area contributed by atoms with Crippen LogP contribution in [0.25, 0.3) is 0 Å². The molecular weight excluding hydrogens is 406 g/mol. The minimum Gasteiger partial charge on any atom is -0.383 e. The lowest BCUT2D eigenvalue weighted by Crippen LogP contribution is -2.28. The summed E-state index contributed by atoms with van der Waals surface area (Å²) in [5.41, 5.74) is 2.72. The van der Waals surface area contributed by atoms with E-state index in [1.807, 2.05) is 45.9 Å². The smallest absolute Gasteiger partial charge is 0.224 e. The number of carbonyl (C=O) groups is 4. The van der Waals surface area contributed by atoms with Crippen molar-refractivity contribution in [1.82, 2.24) is 5.32 Å². The zero-order valence-corrected chi connectivity index (χ0v) is 20.7. The Morgan fingerprint density at radius 2 is 1.75 bits per heavy atom. The van der Waals surface area contributed by atoms with Gasteiger partial charge in [0, 0.05) is 44.4 Å². The van der Waals surface area contributed by atoms with Crippen LogP contribution in [0.3, 0.4) is 0 Å². The maximum absolute atomic E-state index is 11.8. The number of hydrogen-bond acceptors (Lipinski definition) is 5. The molecule has 1 rings (SSSR count). The molecule has 1 aromatic carbocycles. The minimum atomic E-state index is -0.0290. The van der Waals surface area contributed by atoms with Crippen LogP contribution >= 0.6 is 0 Å². The zero-order chi connectivity index (χ0) is 24.5. The van der Waals surface area contributed by atoms with Crippen LogP contribution in [0.5, 0.6) is 0 Å². The SMILES string of the molecule is CCC(=O)c1ccc(CC(=O)NCCOC)cc1CC.CCCC(=O)CCC(C)C(C)=O. The van der Waals surface area contributed by atoms with E-state index in [-0.39, 0.29) is 29.2 Å². The third-order valence-corrected chi connectivity index (χ3v) is 5.24. The standard InChI is InChI=1S/C16H23NO3.C10H18O2/c1-4-13-10-12(6-7-14(13)15(18)5-2)11-16(19)17-8-9-20-3;1-4-5-10(12)7-6-8(2)9(3)11/h6-7,10H,4-5,8-9,11H2,1-3H3,(H,17,19);8H,4-7H2,1-3H3. The third-order valence-electron chi connectivity index (χ3n) is 5.24. The normalized spacial score (nSPS) is 11.2. The molecule has 0 heterocycles. The van der Waals surface area contributed by atoms with E-state index in [9.17, 15) is 19.2 Å². The molecule has 0 aromatic heterocycles. The van der Waals surface area contributed by atoms with Crippen molar-refractivity contribution in [2.45, 2.75) is 79.6 Å². The lowest BCUT2D eigenvalue weighted by molar-refractivity contribution is -0.122. The van der Waals surface area contributed by atoms with E-state index in [2.05, 4.69) is 5.32 Å². The first-order chi connectivity index (χ1) is 15.2. The highest BCUT2D eigenvalue weighted by molar-refractivity contribution is 5.97. The first-order valence-electron chi connectivity index (χ1n) is 11.6. The fourth-order valence-corrected chi connectivity index (χ4v) is 3.04. The Balaban J connectivity index is 0.000000687. The number of rotatable bonds is 14. The van der Waals surface area contributed by atoms with Gasteiger partial charge in [0.2, 0.25) is 5.91 Å². The van der Waals surface area contributed by atoms with E-state index in [0.29, 0.717) is 45.3 Å². The predicted molar refractivity (Wildman–Crippen MR) is 128 cm³/mol. The summed E-state index contributed by atoms with van der Waals surface area (Å²) in [5.74, 6) is 0.632. The van der Waals surface area contributed by atoms with Gasteiger partial charge in [-0.05, 0) is 37.3 Å². The van der Waals surface area contributed by atoms with Gasteiger partial charge in [-0.3, -0.25) is 19.2 Å². The molecule has 6 heteroatoms. The van der Waals surface area contributed by atoms with Crippen molar-refractivity contribution in [3.8, 4) is 0 Å². The molecule has 1 atom stereocenters. The Morgan fingerprint density at radius 3 is 2.28 bits per heavy atom. The number of carbonyl (C=O) groups excluding carboxylic acids is 4. The number of benzene rings is 1. The van der Waals surface area contributed by atoms with Gasteiger partial charge in [-0.1, -0.05) is 45.9 Å². The lowest BCUT2D eigenvalue weighted by Gasteiger charge is -2.09. The molecule has 180 valence electrons.